The number of benzene rings is 6. The fourth-order valence-corrected chi connectivity index (χ4v) is 18.0. The van der Waals surface area contributed by atoms with Crippen LogP contribution in [0.5, 0.6) is 17.2 Å². The Kier molecular flexibility index (Phi) is 30.5. The monoisotopic (exact) mass is 1860 g/mol. The van der Waals surface area contributed by atoms with Gasteiger partial charge in [0.2, 0.25) is 11.8 Å². The third-order valence-electron chi connectivity index (χ3n) is 26.2. The Bertz CT molecular complexity index is 5520. The van der Waals surface area contributed by atoms with Crippen LogP contribution in [-0.4, -0.2) is 336 Å². The highest BCUT2D eigenvalue weighted by Crippen LogP contribution is 2.37. The van der Waals surface area contributed by atoms with E-state index in [2.05, 4.69) is 130 Å². The highest BCUT2D eigenvalue weighted by Gasteiger charge is 2.49. The number of hydrogen-bond acceptors (Lipinski definition) is 31. The van der Waals surface area contributed by atoms with Crippen molar-refractivity contribution >= 4 is 69.3 Å². The van der Waals surface area contributed by atoms with Gasteiger partial charge in [0.1, 0.15) is 71.2 Å². The molecular weight excluding hydrogens is 1750 g/mol. The van der Waals surface area contributed by atoms with Crippen LogP contribution in [0.3, 0.4) is 0 Å². The minimum absolute atomic E-state index is 0.0432. The molecule has 34 nitrogen and oxygen atoms in total. The van der Waals surface area contributed by atoms with Gasteiger partial charge in [-0.15, -0.1) is 0 Å². The van der Waals surface area contributed by atoms with Crippen LogP contribution in [0.2, 0.25) is 0 Å². The summed E-state index contributed by atoms with van der Waals surface area (Å²) in [5.74, 6) is 2.80. The van der Waals surface area contributed by atoms with Crippen molar-refractivity contribution in [2.45, 2.75) is 119 Å². The van der Waals surface area contributed by atoms with Crippen molar-refractivity contribution in [2.24, 2.45) is 0 Å². The van der Waals surface area contributed by atoms with Gasteiger partial charge in [0.05, 0.1) is 132 Å². The second kappa shape index (κ2) is 43.8. The van der Waals surface area contributed by atoms with Crippen molar-refractivity contribution in [3.8, 4) is 69.6 Å². The highest BCUT2D eigenvalue weighted by molar-refractivity contribution is 5.86. The summed E-state index contributed by atoms with van der Waals surface area (Å²) in [6.45, 7) is 20.6. The number of carbonyl (C=O) groups excluding carboxylic acids is 3. The second-order valence-electron chi connectivity index (χ2n) is 35.9. The summed E-state index contributed by atoms with van der Waals surface area (Å²) in [6.07, 6.45) is -2.63. The number of rotatable bonds is 26. The average molecular weight is 1860 g/mol. The molecule has 0 unspecified atom stereocenters. The van der Waals surface area contributed by atoms with E-state index in [1.165, 1.54) is 45.6 Å². The first-order chi connectivity index (χ1) is 66.1. The van der Waals surface area contributed by atoms with E-state index in [0.29, 0.717) is 82.8 Å². The van der Waals surface area contributed by atoms with E-state index in [4.69, 9.17) is 33.2 Å². The summed E-state index contributed by atoms with van der Waals surface area (Å²) in [5.41, 5.74) is 7.26. The van der Waals surface area contributed by atoms with Gasteiger partial charge in [-0.2, -0.15) is 15.8 Å². The molecule has 19 rings (SSSR count). The van der Waals surface area contributed by atoms with E-state index in [9.17, 15) is 54.3 Å². The average Bonchev–Trinajstić information content (AvgIpc) is 0.778. The van der Waals surface area contributed by atoms with Gasteiger partial charge in [0, 0.05) is 187 Å². The smallest absolute Gasteiger partial charge is 0.259 e. The van der Waals surface area contributed by atoms with Gasteiger partial charge in [-0.3, -0.25) is 29.1 Å². The lowest BCUT2D eigenvalue weighted by atomic mass is 9.97. The standard InChI is InChI=1S/C33H36FN7O5.2C33H38FN7O4/c34-27-17-41(32(42)33(43)20-45-21-33)10-8-29(27)46-28-6-1-22(15-23(28)16-35)31-36-9-7-30(38-31)37-24-2-4-25(5-3-24)39-11-13-40(14-12-39)26-18-44-19-26;2*1-22(42)16-32(43)41-11-9-30(28(34)19-41)45-29-7-2-23(17-24(29)18-35)33-36-10-8-31(38-33)37-25-3-5-26(6-4-25)39-12-14-40(15-13-39)27-20-44-21-27/h1-7,9,15,26-27,29,43H,8,10-14,17-21H2,(H,36,37,38);2*2-8,10,17,22,27-28,30,42H,9,11-16,19-21H2,1H3,(H,36,37,38)/t27-,29+;22-,28+,30-;22-,28-,30+/m101/s1. The number of aromatic nitrogens is 6. The van der Waals surface area contributed by atoms with Crippen LogP contribution in [0.4, 0.5) is 64.7 Å². The summed E-state index contributed by atoms with van der Waals surface area (Å²) in [4.78, 5) is 83.0. The maximum absolute atomic E-state index is 15.1. The number of carbonyl (C=O) groups is 3. The van der Waals surface area contributed by atoms with Gasteiger partial charge in [-0.05, 0) is 159 Å². The molecule has 0 bridgehead atoms. The molecule has 0 saturated carbocycles. The molecule has 136 heavy (non-hydrogen) atoms. The molecular formula is C99H112F3N21O13. The van der Waals surface area contributed by atoms with E-state index in [0.717, 1.165) is 135 Å². The first-order valence-corrected chi connectivity index (χ1v) is 46.5. The van der Waals surface area contributed by atoms with Crippen molar-refractivity contribution in [2.75, 3.05) is 201 Å². The predicted molar refractivity (Wildman–Crippen MR) is 501 cm³/mol. The summed E-state index contributed by atoms with van der Waals surface area (Å²) in [6, 6.07) is 53.4. The van der Waals surface area contributed by atoms with E-state index in [-0.39, 0.29) is 117 Å². The van der Waals surface area contributed by atoms with Crippen LogP contribution in [0.1, 0.15) is 62.6 Å². The maximum Gasteiger partial charge on any atom is 0.259 e. The molecule has 10 saturated heterocycles. The van der Waals surface area contributed by atoms with Crippen molar-refractivity contribution in [1.82, 2.24) is 59.3 Å². The highest BCUT2D eigenvalue weighted by atomic mass is 19.1. The van der Waals surface area contributed by atoms with E-state index in [1.807, 2.05) is 36.4 Å². The number of nitrogens with one attached hydrogen (secondary N) is 3. The van der Waals surface area contributed by atoms with Crippen molar-refractivity contribution in [3.05, 3.63) is 181 Å². The van der Waals surface area contributed by atoms with E-state index in [1.54, 1.807) is 91.4 Å². The van der Waals surface area contributed by atoms with Crippen LogP contribution in [0.15, 0.2) is 164 Å². The normalized spacial score (nSPS) is 22.0. The molecule has 10 fully saturated rings. The number of alkyl halides is 3. The molecule has 0 radical (unpaired) electrons. The molecule has 0 spiro atoms. The number of anilines is 9. The molecule has 9 aromatic rings. The SMILES string of the molecule is C[C@@H](O)CC(=O)N1CC[C@H](Oc2ccc(-c3nccc(Nc4ccc(N5CCN(C6COC6)CC5)cc4)n3)cc2C#N)[C@H](F)C1.C[C@H](O)CC(=O)N1CC[C@H](Oc2ccc(-c3nccc(Nc4ccc(N5CCN(C6COC6)CC5)cc4)n3)cc2C#N)[C@H](F)C1.N#Cc1cc(-c2nccc(Nc3ccc(N4CCN(C5COC5)CC4)cc3)n2)ccc1O[C@H]1CCN(C(=O)C2(O)COC2)C[C@H]1F. The first kappa shape index (κ1) is 94.8. The number of nitrogens with zero attached hydrogens (tertiary/aromatic N) is 18. The Balaban J connectivity index is 0.000000142. The van der Waals surface area contributed by atoms with Gasteiger partial charge in [-0.1, -0.05) is 0 Å². The zero-order valence-corrected chi connectivity index (χ0v) is 76.0. The molecule has 10 aliphatic rings. The second-order valence-corrected chi connectivity index (χ2v) is 35.9. The summed E-state index contributed by atoms with van der Waals surface area (Å²) in [5, 5.41) is 68.7. The summed E-state index contributed by atoms with van der Waals surface area (Å²) >= 11 is 0. The number of halogens is 3. The van der Waals surface area contributed by atoms with E-state index < -0.39 is 60.5 Å². The number of hydrogen-bond donors (Lipinski definition) is 6. The van der Waals surface area contributed by atoms with Crippen LogP contribution < -0.4 is 44.9 Å². The predicted octanol–water partition coefficient (Wildman–Crippen LogP) is 9.10. The third kappa shape index (κ3) is 23.4. The Morgan fingerprint density at radius 3 is 0.971 bits per heavy atom. The van der Waals surface area contributed by atoms with Crippen LogP contribution in [0.25, 0.3) is 34.2 Å². The maximum atomic E-state index is 15.1. The number of likely N-dealkylation sites (tertiary alicyclic amines) is 3. The van der Waals surface area contributed by atoms with Crippen LogP contribution in [0, 0.1) is 34.0 Å². The molecule has 8 atom stereocenters. The topological polar surface area (TPSA) is 390 Å². The first-order valence-electron chi connectivity index (χ1n) is 46.5. The Hall–Kier alpha value is -13.0. The number of nitriles is 3. The molecule has 3 aromatic heterocycles. The summed E-state index contributed by atoms with van der Waals surface area (Å²) < 4.78 is 83.7. The minimum atomic E-state index is -1.57. The van der Waals surface area contributed by atoms with Gasteiger partial charge >= 0.3 is 0 Å². The summed E-state index contributed by atoms with van der Waals surface area (Å²) in [7, 11) is 0. The Morgan fingerprint density at radius 1 is 0.419 bits per heavy atom. The molecule has 3 amide bonds. The molecule has 0 aliphatic carbocycles. The Morgan fingerprint density at radius 2 is 0.713 bits per heavy atom. The zero-order chi connectivity index (χ0) is 94.4. The number of piperidine rings is 3. The fraction of sp³-hybridized carbons (Fsp3) is 0.455. The number of ether oxygens (including phenoxy) is 7. The molecule has 13 heterocycles. The lowest BCUT2D eigenvalue weighted by Gasteiger charge is -2.43. The quantitative estimate of drug-likeness (QED) is 0.0294. The van der Waals surface area contributed by atoms with Crippen molar-refractivity contribution < 1.29 is 76.0 Å². The van der Waals surface area contributed by atoms with Crippen molar-refractivity contribution in [1.29, 1.82) is 15.8 Å². The van der Waals surface area contributed by atoms with Gasteiger partial charge in [0.15, 0.2) is 41.6 Å². The minimum Gasteiger partial charge on any atom is -0.486 e. The van der Waals surface area contributed by atoms with Gasteiger partial charge in [0.25, 0.3) is 5.91 Å². The molecule has 6 N–H and O–H groups in total. The lowest BCUT2D eigenvalue weighted by Crippen LogP contribution is -2.63. The third-order valence-corrected chi connectivity index (χ3v) is 26.2. The lowest BCUT2D eigenvalue weighted by molar-refractivity contribution is -0.202. The van der Waals surface area contributed by atoms with Gasteiger partial charge < -0.3 is 93.8 Å². The van der Waals surface area contributed by atoms with Crippen LogP contribution in [-0.2, 0) is 33.3 Å². The Labute approximate surface area is 787 Å². The van der Waals surface area contributed by atoms with Gasteiger partial charge in [-0.25, -0.2) is 43.1 Å². The fourth-order valence-electron chi connectivity index (χ4n) is 18.0. The van der Waals surface area contributed by atoms with E-state index >= 15 is 4.39 Å². The number of aliphatic hydroxyl groups is 3. The number of amides is 3. The largest absolute Gasteiger partial charge is 0.486 e. The number of piperazine rings is 3. The molecule has 10 aliphatic heterocycles. The number of aliphatic hydroxyl groups excluding tert-OH is 2. The van der Waals surface area contributed by atoms with Crippen molar-refractivity contribution in [3.63, 3.8) is 0 Å². The molecule has 712 valence electrons. The van der Waals surface area contributed by atoms with Crippen LogP contribution >= 0.6 is 0 Å². The zero-order valence-electron chi connectivity index (χ0n) is 76.0. The molecule has 37 heteroatoms. The molecule has 6 aromatic carbocycles.